The second-order valence-electron chi connectivity index (χ2n) is 3.79. The van der Waals surface area contributed by atoms with Gasteiger partial charge in [-0.05, 0) is 30.5 Å². The summed E-state index contributed by atoms with van der Waals surface area (Å²) in [6, 6.07) is 6.48. The maximum absolute atomic E-state index is 12.7. The molecule has 0 radical (unpaired) electrons. The van der Waals surface area contributed by atoms with Crippen molar-refractivity contribution in [2.24, 2.45) is 5.84 Å². The Hall–Kier alpha value is -0.970. The second kappa shape index (κ2) is 6.58. The molecule has 0 aliphatic carbocycles. The normalized spacial score (nSPS) is 14.8. The Bertz CT molecular complexity index is 298. The molecule has 4 heteroatoms. The van der Waals surface area contributed by atoms with E-state index in [2.05, 4.69) is 5.43 Å². The number of hydrogen-bond acceptors (Lipinski definition) is 3. The van der Waals surface area contributed by atoms with Crippen molar-refractivity contribution in [3.05, 3.63) is 35.6 Å². The van der Waals surface area contributed by atoms with Gasteiger partial charge in [-0.3, -0.25) is 11.3 Å². The topological polar surface area (TPSA) is 47.3 Å². The first-order chi connectivity index (χ1) is 7.71. The number of halogens is 1. The number of nitrogens with one attached hydrogen (secondary N) is 1. The van der Waals surface area contributed by atoms with E-state index in [0.29, 0.717) is 0 Å². The molecule has 0 amide bonds. The number of benzene rings is 1. The summed E-state index contributed by atoms with van der Waals surface area (Å²) in [5.74, 6) is 5.28. The molecule has 0 aliphatic heterocycles. The highest BCUT2D eigenvalue weighted by atomic mass is 19.1. The number of hydrazine groups is 1. The van der Waals surface area contributed by atoms with Gasteiger partial charge in [0.25, 0.3) is 0 Å². The zero-order chi connectivity index (χ0) is 12.0. The molecule has 0 aromatic heterocycles. The largest absolute Gasteiger partial charge is 0.380 e. The average molecular weight is 226 g/mol. The highest BCUT2D eigenvalue weighted by Crippen LogP contribution is 2.11. The highest BCUT2D eigenvalue weighted by Gasteiger charge is 2.18. The molecular formula is C12H19FN2O. The lowest BCUT2D eigenvalue weighted by Crippen LogP contribution is -2.46. The Kier molecular flexibility index (Phi) is 5.38. The SMILES string of the molecule is CCC(OC)C(Cc1ccc(F)cc1)NN. The first-order valence-electron chi connectivity index (χ1n) is 5.44. The van der Waals surface area contributed by atoms with Crippen LogP contribution in [0.4, 0.5) is 4.39 Å². The van der Waals surface area contributed by atoms with E-state index in [1.807, 2.05) is 6.92 Å². The van der Waals surface area contributed by atoms with E-state index in [1.165, 1.54) is 12.1 Å². The first-order valence-corrected chi connectivity index (χ1v) is 5.44. The van der Waals surface area contributed by atoms with Crippen molar-refractivity contribution >= 4 is 0 Å². The molecule has 1 aromatic rings. The number of ether oxygens (including phenoxy) is 1. The van der Waals surface area contributed by atoms with Crippen LogP contribution in [0.25, 0.3) is 0 Å². The maximum atomic E-state index is 12.7. The average Bonchev–Trinajstić information content (AvgIpc) is 2.32. The summed E-state index contributed by atoms with van der Waals surface area (Å²) in [6.07, 6.45) is 1.67. The zero-order valence-electron chi connectivity index (χ0n) is 9.74. The standard InChI is InChI=1S/C12H19FN2O/c1-3-12(16-2)11(15-14)8-9-4-6-10(13)7-5-9/h4-7,11-12,15H,3,8,14H2,1-2H3. The molecular weight excluding hydrogens is 207 g/mol. The first kappa shape index (κ1) is 13.1. The highest BCUT2D eigenvalue weighted by molar-refractivity contribution is 5.17. The maximum Gasteiger partial charge on any atom is 0.123 e. The minimum Gasteiger partial charge on any atom is -0.380 e. The number of hydrogen-bond donors (Lipinski definition) is 2. The molecule has 2 atom stereocenters. The van der Waals surface area contributed by atoms with Crippen molar-refractivity contribution in [3.63, 3.8) is 0 Å². The summed E-state index contributed by atoms with van der Waals surface area (Å²) in [6.45, 7) is 2.04. The van der Waals surface area contributed by atoms with Crippen LogP contribution in [0.1, 0.15) is 18.9 Å². The van der Waals surface area contributed by atoms with Crippen LogP contribution >= 0.6 is 0 Å². The van der Waals surface area contributed by atoms with E-state index in [-0.39, 0.29) is 18.0 Å². The van der Waals surface area contributed by atoms with Gasteiger partial charge in [-0.15, -0.1) is 0 Å². The molecule has 1 aromatic carbocycles. The van der Waals surface area contributed by atoms with Crippen LogP contribution in [0.2, 0.25) is 0 Å². The molecule has 2 unspecified atom stereocenters. The molecule has 90 valence electrons. The van der Waals surface area contributed by atoms with Crippen molar-refractivity contribution < 1.29 is 9.13 Å². The van der Waals surface area contributed by atoms with Gasteiger partial charge in [-0.25, -0.2) is 4.39 Å². The molecule has 1 rings (SSSR count). The lowest BCUT2D eigenvalue weighted by atomic mass is 10.0. The lowest BCUT2D eigenvalue weighted by molar-refractivity contribution is 0.0653. The summed E-state index contributed by atoms with van der Waals surface area (Å²) in [7, 11) is 1.67. The van der Waals surface area contributed by atoms with Crippen LogP contribution in [0.3, 0.4) is 0 Å². The van der Waals surface area contributed by atoms with Gasteiger partial charge >= 0.3 is 0 Å². The minimum atomic E-state index is -0.222. The van der Waals surface area contributed by atoms with E-state index in [0.717, 1.165) is 18.4 Å². The molecule has 0 bridgehead atoms. The van der Waals surface area contributed by atoms with E-state index < -0.39 is 0 Å². The van der Waals surface area contributed by atoms with Gasteiger partial charge in [0.15, 0.2) is 0 Å². The molecule has 3 N–H and O–H groups in total. The van der Waals surface area contributed by atoms with Gasteiger partial charge < -0.3 is 4.74 Å². The predicted octanol–water partition coefficient (Wildman–Crippen LogP) is 1.63. The molecule has 16 heavy (non-hydrogen) atoms. The van der Waals surface area contributed by atoms with Gasteiger partial charge in [0.05, 0.1) is 12.1 Å². The van der Waals surface area contributed by atoms with Crippen molar-refractivity contribution in [2.75, 3.05) is 7.11 Å². The Morgan fingerprint density at radius 3 is 2.44 bits per heavy atom. The zero-order valence-corrected chi connectivity index (χ0v) is 9.74. The minimum absolute atomic E-state index is 0.0421. The predicted molar refractivity (Wildman–Crippen MR) is 62.3 cm³/mol. The number of nitrogens with two attached hydrogens (primary N) is 1. The Balaban J connectivity index is 2.65. The fourth-order valence-electron chi connectivity index (χ4n) is 1.79. The van der Waals surface area contributed by atoms with Crippen LogP contribution in [-0.4, -0.2) is 19.3 Å². The summed E-state index contributed by atoms with van der Waals surface area (Å²) in [5.41, 5.74) is 3.79. The number of rotatable bonds is 6. The molecule has 3 nitrogen and oxygen atoms in total. The van der Waals surface area contributed by atoms with Crippen LogP contribution < -0.4 is 11.3 Å². The third kappa shape index (κ3) is 3.56. The monoisotopic (exact) mass is 226 g/mol. The molecule has 0 spiro atoms. The third-order valence-electron chi connectivity index (χ3n) is 2.74. The van der Waals surface area contributed by atoms with Gasteiger partial charge in [-0.2, -0.15) is 0 Å². The Labute approximate surface area is 95.8 Å². The third-order valence-corrected chi connectivity index (χ3v) is 2.74. The van der Waals surface area contributed by atoms with Gasteiger partial charge in [0, 0.05) is 7.11 Å². The van der Waals surface area contributed by atoms with Gasteiger partial charge in [0.2, 0.25) is 0 Å². The van der Waals surface area contributed by atoms with E-state index in [9.17, 15) is 4.39 Å². The van der Waals surface area contributed by atoms with Gasteiger partial charge in [0.1, 0.15) is 5.82 Å². The van der Waals surface area contributed by atoms with Crippen molar-refractivity contribution in [3.8, 4) is 0 Å². The van der Waals surface area contributed by atoms with Gasteiger partial charge in [-0.1, -0.05) is 19.1 Å². The Morgan fingerprint density at radius 2 is 2.00 bits per heavy atom. The second-order valence-corrected chi connectivity index (χ2v) is 3.79. The summed E-state index contributed by atoms with van der Waals surface area (Å²) in [5, 5.41) is 0. The fraction of sp³-hybridized carbons (Fsp3) is 0.500. The molecule has 0 fully saturated rings. The molecule has 0 aliphatic rings. The van der Waals surface area contributed by atoms with Crippen LogP contribution in [0.5, 0.6) is 0 Å². The van der Waals surface area contributed by atoms with E-state index in [4.69, 9.17) is 10.6 Å². The molecule has 0 heterocycles. The summed E-state index contributed by atoms with van der Waals surface area (Å²) >= 11 is 0. The number of methoxy groups -OCH3 is 1. The van der Waals surface area contributed by atoms with Crippen molar-refractivity contribution in [1.82, 2.24) is 5.43 Å². The van der Waals surface area contributed by atoms with Crippen molar-refractivity contribution in [2.45, 2.75) is 31.9 Å². The van der Waals surface area contributed by atoms with E-state index in [1.54, 1.807) is 19.2 Å². The molecule has 0 saturated carbocycles. The molecule has 0 saturated heterocycles. The quantitative estimate of drug-likeness (QED) is 0.572. The fourth-order valence-corrected chi connectivity index (χ4v) is 1.79. The van der Waals surface area contributed by atoms with Crippen LogP contribution in [0, 0.1) is 5.82 Å². The van der Waals surface area contributed by atoms with Crippen LogP contribution in [-0.2, 0) is 11.2 Å². The smallest absolute Gasteiger partial charge is 0.123 e. The van der Waals surface area contributed by atoms with E-state index >= 15 is 0 Å². The summed E-state index contributed by atoms with van der Waals surface area (Å²) < 4.78 is 18.1. The van der Waals surface area contributed by atoms with Crippen molar-refractivity contribution in [1.29, 1.82) is 0 Å². The Morgan fingerprint density at radius 1 is 1.38 bits per heavy atom. The lowest BCUT2D eigenvalue weighted by Gasteiger charge is -2.24. The van der Waals surface area contributed by atoms with Crippen LogP contribution in [0.15, 0.2) is 24.3 Å². The summed E-state index contributed by atoms with van der Waals surface area (Å²) in [4.78, 5) is 0.